The molecule has 5 aromatic rings. The molecule has 0 amide bonds. The molecule has 40 heavy (non-hydrogen) atoms. The molecule has 0 aliphatic heterocycles. The van der Waals surface area contributed by atoms with Gasteiger partial charge in [0.15, 0.2) is 11.2 Å². The number of hydrogen-bond acceptors (Lipinski definition) is 2. The molecular weight excluding hydrogens is 535 g/mol. The number of benzene rings is 5. The lowest BCUT2D eigenvalue weighted by Gasteiger charge is -2.24. The van der Waals surface area contributed by atoms with E-state index in [9.17, 15) is 10.2 Å². The number of hydrogen-bond donors (Lipinski definition) is 2. The lowest BCUT2D eigenvalue weighted by atomic mass is 9.86. The van der Waals surface area contributed by atoms with Gasteiger partial charge in [-0.1, -0.05) is 144 Å². The second-order valence-corrected chi connectivity index (χ2v) is 10.0. The van der Waals surface area contributed by atoms with Crippen LogP contribution in [0.25, 0.3) is 0 Å². The fourth-order valence-electron chi connectivity index (χ4n) is 4.42. The first-order chi connectivity index (χ1) is 19.4. The van der Waals surface area contributed by atoms with Gasteiger partial charge in [0.05, 0.1) is 0 Å². The van der Waals surface area contributed by atoms with Crippen molar-refractivity contribution in [2.24, 2.45) is 0 Å². The molecule has 5 rings (SSSR count). The van der Waals surface area contributed by atoms with Crippen molar-refractivity contribution in [2.45, 2.75) is 11.2 Å². The van der Waals surface area contributed by atoms with E-state index < -0.39 is 11.2 Å². The van der Waals surface area contributed by atoms with E-state index in [0.717, 1.165) is 0 Å². The molecule has 0 aliphatic rings. The summed E-state index contributed by atoms with van der Waals surface area (Å²) in [6.07, 6.45) is 0. The van der Waals surface area contributed by atoms with Gasteiger partial charge in [0.2, 0.25) is 0 Å². The van der Waals surface area contributed by atoms with Gasteiger partial charge in [0.1, 0.15) is 0 Å². The lowest BCUT2D eigenvalue weighted by molar-refractivity contribution is 0.145. The van der Waals surface area contributed by atoms with Crippen molar-refractivity contribution in [3.63, 3.8) is 0 Å². The predicted molar refractivity (Wildman–Crippen MR) is 162 cm³/mol. The largest absolute Gasteiger partial charge is 0.369 e. The first-order valence-corrected chi connectivity index (χ1v) is 13.4. The summed E-state index contributed by atoms with van der Waals surface area (Å²) in [6.45, 7) is 0. The normalized spacial score (nSPS) is 13.5. The molecule has 0 saturated carbocycles. The van der Waals surface area contributed by atoms with E-state index >= 15 is 0 Å². The molecule has 0 saturated heterocycles. The highest BCUT2D eigenvalue weighted by Gasteiger charge is 2.32. The Hall–Kier alpha value is -4.28. The van der Waals surface area contributed by atoms with E-state index in [1.807, 2.05) is 109 Å². The van der Waals surface area contributed by atoms with Crippen LogP contribution < -0.4 is 0 Å². The molecule has 2 atom stereocenters. The Kier molecular flexibility index (Phi) is 8.09. The van der Waals surface area contributed by atoms with Crippen LogP contribution in [0.3, 0.4) is 0 Å². The van der Waals surface area contributed by atoms with Crippen molar-refractivity contribution < 1.29 is 10.2 Å². The summed E-state index contributed by atoms with van der Waals surface area (Å²) in [7, 11) is 0. The minimum atomic E-state index is -1.60. The highest BCUT2D eigenvalue weighted by molar-refractivity contribution is 6.31. The van der Waals surface area contributed by atoms with E-state index in [0.29, 0.717) is 43.4 Å². The van der Waals surface area contributed by atoms with Crippen LogP contribution in [0.15, 0.2) is 133 Å². The summed E-state index contributed by atoms with van der Waals surface area (Å²) < 4.78 is 0. The number of aliphatic hydroxyl groups is 2. The second-order valence-electron chi connectivity index (χ2n) is 9.19. The van der Waals surface area contributed by atoms with Gasteiger partial charge < -0.3 is 10.2 Å². The molecule has 0 fully saturated rings. The van der Waals surface area contributed by atoms with E-state index in [-0.39, 0.29) is 0 Å². The quantitative estimate of drug-likeness (QED) is 0.223. The van der Waals surface area contributed by atoms with Gasteiger partial charge in [-0.25, -0.2) is 0 Å². The van der Waals surface area contributed by atoms with Crippen LogP contribution in [-0.2, 0) is 11.2 Å². The summed E-state index contributed by atoms with van der Waals surface area (Å²) in [6, 6.07) is 40.1. The van der Waals surface area contributed by atoms with Crippen LogP contribution in [0.1, 0.15) is 33.4 Å². The van der Waals surface area contributed by atoms with Crippen LogP contribution >= 0.6 is 23.2 Å². The van der Waals surface area contributed by atoms with Crippen molar-refractivity contribution in [3.8, 4) is 23.7 Å². The molecule has 4 heteroatoms. The molecule has 194 valence electrons. The van der Waals surface area contributed by atoms with Crippen LogP contribution in [0.4, 0.5) is 0 Å². The first kappa shape index (κ1) is 27.3. The minimum absolute atomic E-state index is 0.429. The van der Waals surface area contributed by atoms with Crippen molar-refractivity contribution in [2.75, 3.05) is 0 Å². The maximum atomic E-state index is 11.7. The zero-order valence-electron chi connectivity index (χ0n) is 21.4. The maximum Gasteiger partial charge on any atom is 0.178 e. The molecule has 0 radical (unpaired) electrons. The van der Waals surface area contributed by atoms with Gasteiger partial charge in [-0.2, -0.15) is 0 Å². The molecule has 0 aliphatic carbocycles. The van der Waals surface area contributed by atoms with Gasteiger partial charge in [-0.05, 0) is 36.4 Å². The standard InChI is InChI=1S/C36H24Cl2O2/c37-33-17-9-7-15-31(33)35(39,29-11-3-1-4-12-29)25-23-27-19-21-28(22-20-27)24-26-36(40,30-13-5-2-6-14-30)32-16-8-10-18-34(32)38/h1-22,39-40H/t35-,36-/m1/s1. The fourth-order valence-corrected chi connectivity index (χ4v) is 4.97. The topological polar surface area (TPSA) is 40.5 Å². The Morgan fingerprint density at radius 2 is 0.750 bits per heavy atom. The molecule has 0 bridgehead atoms. The fraction of sp³-hybridized carbons (Fsp3) is 0.0556. The highest BCUT2D eigenvalue weighted by atomic mass is 35.5. The average Bonchev–Trinajstić information content (AvgIpc) is 3.00. The van der Waals surface area contributed by atoms with Gasteiger partial charge in [-0.3, -0.25) is 0 Å². The maximum absolute atomic E-state index is 11.7. The SMILES string of the molecule is O[C@](C#Cc1ccc(C#C[C@@](O)(c2ccccc2)c2ccccc2Cl)cc1)(c1ccccc1)c1ccccc1Cl. The molecule has 0 spiro atoms. The predicted octanol–water partition coefficient (Wildman–Crippen LogP) is 7.57. The van der Waals surface area contributed by atoms with Crippen LogP contribution in [0, 0.1) is 23.7 Å². The van der Waals surface area contributed by atoms with E-state index in [2.05, 4.69) is 23.7 Å². The van der Waals surface area contributed by atoms with Crippen LogP contribution in [0.2, 0.25) is 10.0 Å². The summed E-state index contributed by atoms with van der Waals surface area (Å²) in [5.74, 6) is 12.3. The Balaban J connectivity index is 1.49. The van der Waals surface area contributed by atoms with E-state index in [4.69, 9.17) is 23.2 Å². The average molecular weight is 559 g/mol. The molecule has 0 heterocycles. The minimum Gasteiger partial charge on any atom is -0.369 e. The molecular formula is C36H24Cl2O2. The van der Waals surface area contributed by atoms with Crippen molar-refractivity contribution in [1.29, 1.82) is 0 Å². The second kappa shape index (κ2) is 11.8. The Morgan fingerprint density at radius 3 is 1.10 bits per heavy atom. The van der Waals surface area contributed by atoms with Gasteiger partial charge in [-0.15, -0.1) is 0 Å². The van der Waals surface area contributed by atoms with Gasteiger partial charge in [0.25, 0.3) is 0 Å². The van der Waals surface area contributed by atoms with Crippen LogP contribution in [-0.4, -0.2) is 10.2 Å². The monoisotopic (exact) mass is 558 g/mol. The van der Waals surface area contributed by atoms with Crippen molar-refractivity contribution in [3.05, 3.63) is 177 Å². The molecule has 0 unspecified atom stereocenters. The molecule has 2 N–H and O–H groups in total. The summed E-state index contributed by atoms with van der Waals surface area (Å²) in [5, 5.41) is 24.3. The zero-order chi connectivity index (χ0) is 28.0. The first-order valence-electron chi connectivity index (χ1n) is 12.6. The Labute approximate surface area is 244 Å². The molecule has 5 aromatic carbocycles. The van der Waals surface area contributed by atoms with E-state index in [1.54, 1.807) is 24.3 Å². The van der Waals surface area contributed by atoms with Gasteiger partial charge >= 0.3 is 0 Å². The summed E-state index contributed by atoms with van der Waals surface area (Å²) in [4.78, 5) is 0. The third-order valence-electron chi connectivity index (χ3n) is 6.57. The number of halogens is 2. The van der Waals surface area contributed by atoms with Crippen molar-refractivity contribution in [1.82, 2.24) is 0 Å². The highest BCUT2D eigenvalue weighted by Crippen LogP contribution is 2.35. The molecule has 0 aromatic heterocycles. The van der Waals surface area contributed by atoms with Gasteiger partial charge in [0, 0.05) is 43.4 Å². The van der Waals surface area contributed by atoms with Crippen LogP contribution in [0.5, 0.6) is 0 Å². The van der Waals surface area contributed by atoms with Crippen molar-refractivity contribution >= 4 is 23.2 Å². The Morgan fingerprint density at radius 1 is 0.425 bits per heavy atom. The summed E-state index contributed by atoms with van der Waals surface area (Å²) in [5.41, 5.74) is 0.456. The zero-order valence-corrected chi connectivity index (χ0v) is 22.9. The smallest absolute Gasteiger partial charge is 0.178 e. The lowest BCUT2D eigenvalue weighted by Crippen LogP contribution is -2.25. The third-order valence-corrected chi connectivity index (χ3v) is 7.23. The molecule has 2 nitrogen and oxygen atoms in total. The third kappa shape index (κ3) is 5.68. The van der Waals surface area contributed by atoms with E-state index in [1.165, 1.54) is 0 Å². The number of rotatable bonds is 4. The summed E-state index contributed by atoms with van der Waals surface area (Å²) >= 11 is 12.9. The Bertz CT molecular complexity index is 1610.